The van der Waals surface area contributed by atoms with Gasteiger partial charge in [-0.25, -0.2) is 4.98 Å². The molecule has 0 amide bonds. The smallest absolute Gasteiger partial charge is 0.159 e. The monoisotopic (exact) mass is 334 g/mol. The highest BCUT2D eigenvalue weighted by Gasteiger charge is 2.10. The van der Waals surface area contributed by atoms with Crippen LogP contribution in [0.1, 0.15) is 16.7 Å². The Balaban J connectivity index is 1.56. The predicted octanol–water partition coefficient (Wildman–Crippen LogP) is 4.86. The summed E-state index contributed by atoms with van der Waals surface area (Å²) in [6.07, 6.45) is 0. The second-order valence-electron chi connectivity index (χ2n) is 5.93. The average Bonchev–Trinajstić information content (AvgIpc) is 3.21. The highest BCUT2D eigenvalue weighted by atomic mass is 32.2. The molecule has 0 unspecified atom stereocenters. The molecule has 0 atom stereocenters. The SMILES string of the molecule is Cc1cc2nc(-c3cc(SCc4ccccc4)[nH]n3)[nH]c2cc1C. The summed E-state index contributed by atoms with van der Waals surface area (Å²) >= 11 is 1.74. The van der Waals surface area contributed by atoms with Gasteiger partial charge in [0.05, 0.1) is 16.1 Å². The van der Waals surface area contributed by atoms with Gasteiger partial charge in [0.15, 0.2) is 5.82 Å². The number of hydrogen-bond acceptors (Lipinski definition) is 3. The molecule has 5 heteroatoms. The average molecular weight is 334 g/mol. The maximum atomic E-state index is 4.67. The summed E-state index contributed by atoms with van der Waals surface area (Å²) in [6, 6.07) is 16.7. The number of rotatable bonds is 4. The Morgan fingerprint density at radius 1 is 1.00 bits per heavy atom. The van der Waals surface area contributed by atoms with Crippen LogP contribution in [-0.2, 0) is 5.75 Å². The molecule has 4 nitrogen and oxygen atoms in total. The summed E-state index contributed by atoms with van der Waals surface area (Å²) < 4.78 is 0. The minimum Gasteiger partial charge on any atom is -0.337 e. The van der Waals surface area contributed by atoms with Crippen LogP contribution in [0.4, 0.5) is 0 Å². The number of aromatic amines is 2. The number of fused-ring (bicyclic) bond motifs is 1. The van der Waals surface area contributed by atoms with Crippen LogP contribution in [0.25, 0.3) is 22.6 Å². The third-order valence-corrected chi connectivity index (χ3v) is 5.13. The Morgan fingerprint density at radius 2 is 1.79 bits per heavy atom. The van der Waals surface area contributed by atoms with Gasteiger partial charge in [-0.2, -0.15) is 5.10 Å². The molecule has 4 rings (SSSR count). The Kier molecular flexibility index (Phi) is 3.86. The zero-order chi connectivity index (χ0) is 16.5. The highest BCUT2D eigenvalue weighted by molar-refractivity contribution is 7.98. The Bertz CT molecular complexity index is 946. The lowest BCUT2D eigenvalue weighted by molar-refractivity contribution is 1.00. The van der Waals surface area contributed by atoms with Gasteiger partial charge in [0.25, 0.3) is 0 Å². The molecule has 2 aromatic carbocycles. The molecule has 2 heterocycles. The molecular formula is C19H18N4S. The largest absolute Gasteiger partial charge is 0.337 e. The standard InChI is InChI=1S/C19H18N4S/c1-12-8-15-16(9-13(12)2)21-19(20-15)17-10-18(23-22-17)24-11-14-6-4-3-5-7-14/h3-10H,11H2,1-2H3,(H,20,21)(H,22,23). The number of nitrogens with one attached hydrogen (secondary N) is 2. The highest BCUT2D eigenvalue weighted by Crippen LogP contribution is 2.26. The van der Waals surface area contributed by atoms with E-state index in [0.29, 0.717) is 0 Å². The van der Waals surface area contributed by atoms with Crippen LogP contribution in [-0.4, -0.2) is 20.2 Å². The van der Waals surface area contributed by atoms with Crippen molar-refractivity contribution in [3.8, 4) is 11.5 Å². The topological polar surface area (TPSA) is 57.4 Å². The third-order valence-electron chi connectivity index (χ3n) is 4.13. The van der Waals surface area contributed by atoms with E-state index in [1.54, 1.807) is 11.8 Å². The van der Waals surface area contributed by atoms with Crippen molar-refractivity contribution in [3.05, 3.63) is 65.2 Å². The van der Waals surface area contributed by atoms with E-state index < -0.39 is 0 Å². The molecule has 0 bridgehead atoms. The molecular weight excluding hydrogens is 316 g/mol. The van der Waals surface area contributed by atoms with Crippen LogP contribution in [0.15, 0.2) is 53.6 Å². The number of nitrogens with zero attached hydrogens (tertiary/aromatic N) is 2. The quantitative estimate of drug-likeness (QED) is 0.524. The summed E-state index contributed by atoms with van der Waals surface area (Å²) in [6.45, 7) is 4.22. The van der Waals surface area contributed by atoms with Gasteiger partial charge in [-0.05, 0) is 42.7 Å². The van der Waals surface area contributed by atoms with Gasteiger partial charge in [-0.3, -0.25) is 5.10 Å². The molecule has 0 aliphatic heterocycles. The number of aromatic nitrogens is 4. The lowest BCUT2D eigenvalue weighted by atomic mass is 10.1. The third kappa shape index (κ3) is 2.95. The molecule has 24 heavy (non-hydrogen) atoms. The Morgan fingerprint density at radius 3 is 2.62 bits per heavy atom. The first-order valence-electron chi connectivity index (χ1n) is 7.88. The van der Waals surface area contributed by atoms with Crippen LogP contribution in [0.3, 0.4) is 0 Å². The maximum absolute atomic E-state index is 4.67. The van der Waals surface area contributed by atoms with Crippen molar-refractivity contribution in [1.29, 1.82) is 0 Å². The molecule has 0 aliphatic carbocycles. The predicted molar refractivity (Wildman–Crippen MR) is 99.2 cm³/mol. The zero-order valence-electron chi connectivity index (χ0n) is 13.6. The summed E-state index contributed by atoms with van der Waals surface area (Å²) in [7, 11) is 0. The van der Waals surface area contributed by atoms with E-state index in [1.165, 1.54) is 16.7 Å². The van der Waals surface area contributed by atoms with E-state index in [2.05, 4.69) is 70.4 Å². The van der Waals surface area contributed by atoms with E-state index in [0.717, 1.165) is 33.3 Å². The molecule has 0 radical (unpaired) electrons. The summed E-state index contributed by atoms with van der Waals surface area (Å²) in [4.78, 5) is 8.03. The maximum Gasteiger partial charge on any atom is 0.159 e. The van der Waals surface area contributed by atoms with Gasteiger partial charge in [-0.15, -0.1) is 11.8 Å². The fourth-order valence-electron chi connectivity index (χ4n) is 2.63. The van der Waals surface area contributed by atoms with Crippen LogP contribution in [0, 0.1) is 13.8 Å². The number of hydrogen-bond donors (Lipinski definition) is 2. The van der Waals surface area contributed by atoms with Gasteiger partial charge in [0.1, 0.15) is 5.69 Å². The van der Waals surface area contributed by atoms with Crippen molar-refractivity contribution in [2.45, 2.75) is 24.6 Å². The van der Waals surface area contributed by atoms with Crippen molar-refractivity contribution >= 4 is 22.8 Å². The molecule has 2 N–H and O–H groups in total. The molecule has 2 aromatic heterocycles. The van der Waals surface area contributed by atoms with Gasteiger partial charge < -0.3 is 4.98 Å². The lowest BCUT2D eigenvalue weighted by Crippen LogP contribution is -1.79. The summed E-state index contributed by atoms with van der Waals surface area (Å²) in [5.74, 6) is 1.72. The minimum absolute atomic E-state index is 0.804. The second-order valence-corrected chi connectivity index (χ2v) is 6.95. The Hall–Kier alpha value is -2.53. The number of H-pyrrole nitrogens is 2. The number of benzene rings is 2. The molecule has 120 valence electrons. The van der Waals surface area contributed by atoms with E-state index in [4.69, 9.17) is 0 Å². The van der Waals surface area contributed by atoms with Gasteiger partial charge in [0, 0.05) is 11.8 Å². The molecule has 0 aliphatic rings. The molecule has 0 saturated heterocycles. The van der Waals surface area contributed by atoms with Crippen LogP contribution >= 0.6 is 11.8 Å². The fraction of sp³-hybridized carbons (Fsp3) is 0.158. The van der Waals surface area contributed by atoms with E-state index >= 15 is 0 Å². The van der Waals surface area contributed by atoms with Crippen molar-refractivity contribution in [3.63, 3.8) is 0 Å². The second kappa shape index (κ2) is 6.17. The van der Waals surface area contributed by atoms with Gasteiger partial charge in [0.2, 0.25) is 0 Å². The van der Waals surface area contributed by atoms with E-state index in [1.807, 2.05) is 12.1 Å². The Labute approximate surface area is 144 Å². The lowest BCUT2D eigenvalue weighted by Gasteiger charge is -1.97. The molecule has 4 aromatic rings. The molecule has 0 fully saturated rings. The summed E-state index contributed by atoms with van der Waals surface area (Å²) in [5, 5.41) is 8.54. The molecule has 0 saturated carbocycles. The van der Waals surface area contributed by atoms with Crippen LogP contribution in [0.5, 0.6) is 0 Å². The van der Waals surface area contributed by atoms with Crippen molar-refractivity contribution in [1.82, 2.24) is 20.2 Å². The number of imidazole rings is 1. The normalized spacial score (nSPS) is 11.2. The van der Waals surface area contributed by atoms with E-state index in [-0.39, 0.29) is 0 Å². The fourth-order valence-corrected chi connectivity index (χ4v) is 3.45. The van der Waals surface area contributed by atoms with Crippen LogP contribution in [0.2, 0.25) is 0 Å². The molecule has 0 spiro atoms. The van der Waals surface area contributed by atoms with Gasteiger partial charge in [-0.1, -0.05) is 30.3 Å². The van der Waals surface area contributed by atoms with Crippen molar-refractivity contribution < 1.29 is 0 Å². The first-order valence-corrected chi connectivity index (χ1v) is 8.87. The summed E-state index contributed by atoms with van der Waals surface area (Å²) in [5.41, 5.74) is 6.69. The number of thioether (sulfide) groups is 1. The van der Waals surface area contributed by atoms with Crippen molar-refractivity contribution in [2.24, 2.45) is 0 Å². The number of aryl methyl sites for hydroxylation is 2. The van der Waals surface area contributed by atoms with Gasteiger partial charge >= 0.3 is 0 Å². The van der Waals surface area contributed by atoms with Crippen LogP contribution < -0.4 is 0 Å². The van der Waals surface area contributed by atoms with E-state index in [9.17, 15) is 0 Å². The minimum atomic E-state index is 0.804. The van der Waals surface area contributed by atoms with Crippen molar-refractivity contribution in [2.75, 3.05) is 0 Å². The first kappa shape index (κ1) is 15.0. The zero-order valence-corrected chi connectivity index (χ0v) is 14.4. The first-order chi connectivity index (χ1) is 11.7.